The highest BCUT2D eigenvalue weighted by Gasteiger charge is 2.25. The number of nitrogens with one attached hydrogen (secondary N) is 1. The maximum absolute atomic E-state index is 3.55. The predicted octanol–water partition coefficient (Wildman–Crippen LogP) is 4.26. The number of aryl methyl sites for hydroxylation is 2. The molecule has 0 heterocycles. The fraction of sp³-hybridized carbons (Fsp3) is 0.647. The van der Waals surface area contributed by atoms with Gasteiger partial charge >= 0.3 is 0 Å². The molecule has 0 radical (unpaired) electrons. The maximum Gasteiger partial charge on any atom is 0.0346 e. The number of hydrogen-bond donors (Lipinski definition) is 1. The summed E-state index contributed by atoms with van der Waals surface area (Å²) in [6, 6.07) is 7.69. The summed E-state index contributed by atoms with van der Waals surface area (Å²) in [7, 11) is 2.11. The normalized spacial score (nSPS) is 18.2. The van der Waals surface area contributed by atoms with Crippen molar-refractivity contribution in [1.82, 2.24) is 5.32 Å². The highest BCUT2D eigenvalue weighted by Crippen LogP contribution is 2.36. The Morgan fingerprint density at radius 1 is 1.11 bits per heavy atom. The predicted molar refractivity (Wildman–Crippen MR) is 79.0 cm³/mol. The molecule has 1 aromatic rings. The number of hydrogen-bond acceptors (Lipinski definition) is 1. The third-order valence-electron chi connectivity index (χ3n) is 4.53. The first-order valence-corrected chi connectivity index (χ1v) is 7.59. The van der Waals surface area contributed by atoms with Gasteiger partial charge in [0.05, 0.1) is 0 Å². The fourth-order valence-corrected chi connectivity index (χ4v) is 3.48. The van der Waals surface area contributed by atoms with Crippen molar-refractivity contribution >= 4 is 0 Å². The summed E-state index contributed by atoms with van der Waals surface area (Å²) in [5, 5.41) is 3.55. The summed E-state index contributed by atoms with van der Waals surface area (Å²) in [6.07, 6.45) is 7.91. The summed E-state index contributed by atoms with van der Waals surface area (Å²) < 4.78 is 0. The Hall–Kier alpha value is -0.820. The molecule has 0 amide bonds. The van der Waals surface area contributed by atoms with Crippen molar-refractivity contribution in [2.45, 2.75) is 58.4 Å². The molecule has 0 bridgehead atoms. The molecule has 0 saturated heterocycles. The summed E-state index contributed by atoms with van der Waals surface area (Å²) in [5.74, 6) is 0.840. The molecule has 1 nitrogen and oxygen atoms in total. The molecule has 0 spiro atoms. The first kappa shape index (κ1) is 13.6. The lowest BCUT2D eigenvalue weighted by Crippen LogP contribution is -2.23. The zero-order valence-corrected chi connectivity index (χ0v) is 12.1. The minimum absolute atomic E-state index is 0.559. The molecule has 1 N–H and O–H groups in total. The second-order valence-electron chi connectivity index (χ2n) is 5.55. The van der Waals surface area contributed by atoms with Crippen LogP contribution in [0.15, 0.2) is 18.2 Å². The largest absolute Gasteiger partial charge is 0.313 e. The van der Waals surface area contributed by atoms with Crippen molar-refractivity contribution in [1.29, 1.82) is 0 Å². The van der Waals surface area contributed by atoms with Crippen LogP contribution in [0.3, 0.4) is 0 Å². The van der Waals surface area contributed by atoms with Gasteiger partial charge in [-0.1, -0.05) is 44.9 Å². The summed E-state index contributed by atoms with van der Waals surface area (Å²) in [4.78, 5) is 0. The van der Waals surface area contributed by atoms with E-state index in [9.17, 15) is 0 Å². The van der Waals surface area contributed by atoms with E-state index in [-0.39, 0.29) is 0 Å². The lowest BCUT2D eigenvalue weighted by Gasteiger charge is -2.24. The van der Waals surface area contributed by atoms with Crippen LogP contribution in [-0.2, 0) is 12.8 Å². The van der Waals surface area contributed by atoms with E-state index in [1.807, 2.05) is 0 Å². The number of rotatable bonds is 5. The van der Waals surface area contributed by atoms with Gasteiger partial charge in [-0.15, -0.1) is 0 Å². The van der Waals surface area contributed by atoms with E-state index in [1.165, 1.54) is 42.4 Å². The van der Waals surface area contributed by atoms with Crippen LogP contribution in [-0.4, -0.2) is 7.05 Å². The van der Waals surface area contributed by atoms with Gasteiger partial charge < -0.3 is 5.32 Å². The first-order valence-electron chi connectivity index (χ1n) is 7.59. The van der Waals surface area contributed by atoms with E-state index in [2.05, 4.69) is 44.4 Å². The van der Waals surface area contributed by atoms with Gasteiger partial charge in [-0.2, -0.15) is 0 Å². The average Bonchev–Trinajstić information content (AvgIpc) is 2.93. The third kappa shape index (κ3) is 2.77. The second-order valence-corrected chi connectivity index (χ2v) is 5.55. The van der Waals surface area contributed by atoms with E-state index in [0.717, 1.165) is 18.8 Å². The van der Waals surface area contributed by atoms with Crippen molar-refractivity contribution in [3.63, 3.8) is 0 Å². The molecule has 1 atom stereocenters. The lowest BCUT2D eigenvalue weighted by molar-refractivity contribution is 0.390. The molecule has 18 heavy (non-hydrogen) atoms. The SMILES string of the molecule is CCc1ccc(C(NC)C2CCCC2)cc1CC. The van der Waals surface area contributed by atoms with Crippen LogP contribution in [0.1, 0.15) is 62.3 Å². The van der Waals surface area contributed by atoms with Crippen molar-refractivity contribution in [2.75, 3.05) is 7.05 Å². The second kappa shape index (κ2) is 6.38. The van der Waals surface area contributed by atoms with Crippen LogP contribution in [0, 0.1) is 5.92 Å². The van der Waals surface area contributed by atoms with Gasteiger partial charge in [0.25, 0.3) is 0 Å². The first-order chi connectivity index (χ1) is 8.80. The van der Waals surface area contributed by atoms with Crippen molar-refractivity contribution in [3.05, 3.63) is 34.9 Å². The van der Waals surface area contributed by atoms with Crippen molar-refractivity contribution in [2.24, 2.45) is 5.92 Å². The molecule has 1 saturated carbocycles. The van der Waals surface area contributed by atoms with Crippen LogP contribution in [0.4, 0.5) is 0 Å². The highest BCUT2D eigenvalue weighted by atomic mass is 14.9. The Balaban J connectivity index is 2.24. The quantitative estimate of drug-likeness (QED) is 0.817. The molecule has 1 aliphatic rings. The minimum Gasteiger partial charge on any atom is -0.313 e. The molecule has 1 aliphatic carbocycles. The fourth-order valence-electron chi connectivity index (χ4n) is 3.48. The van der Waals surface area contributed by atoms with Gasteiger partial charge in [-0.25, -0.2) is 0 Å². The molecule has 1 heteroatoms. The van der Waals surface area contributed by atoms with Crippen LogP contribution in [0.2, 0.25) is 0 Å². The molecule has 0 aliphatic heterocycles. The van der Waals surface area contributed by atoms with E-state index in [4.69, 9.17) is 0 Å². The standard InChI is InChI=1S/C17H27N/c1-4-13-10-11-16(12-14(13)5-2)17(18-3)15-8-6-7-9-15/h10-12,15,17-18H,4-9H2,1-3H3. The molecule has 1 fully saturated rings. The van der Waals surface area contributed by atoms with Gasteiger partial charge in [0.1, 0.15) is 0 Å². The molecule has 1 aromatic carbocycles. The Labute approximate surface area is 112 Å². The smallest absolute Gasteiger partial charge is 0.0346 e. The lowest BCUT2D eigenvalue weighted by atomic mass is 9.89. The highest BCUT2D eigenvalue weighted by molar-refractivity contribution is 5.34. The minimum atomic E-state index is 0.559. The van der Waals surface area contributed by atoms with Gasteiger partial charge in [0.2, 0.25) is 0 Å². The van der Waals surface area contributed by atoms with Gasteiger partial charge in [-0.3, -0.25) is 0 Å². The summed E-state index contributed by atoms with van der Waals surface area (Å²) in [6.45, 7) is 4.52. The Morgan fingerprint density at radius 2 is 1.78 bits per heavy atom. The van der Waals surface area contributed by atoms with Crippen LogP contribution < -0.4 is 5.32 Å². The zero-order chi connectivity index (χ0) is 13.0. The van der Waals surface area contributed by atoms with Crippen molar-refractivity contribution in [3.8, 4) is 0 Å². The van der Waals surface area contributed by atoms with E-state index in [1.54, 1.807) is 0 Å². The van der Waals surface area contributed by atoms with Gasteiger partial charge in [0.15, 0.2) is 0 Å². The van der Waals surface area contributed by atoms with Crippen LogP contribution >= 0.6 is 0 Å². The molecule has 1 unspecified atom stereocenters. The Bertz CT molecular complexity index is 377. The maximum atomic E-state index is 3.55. The third-order valence-corrected chi connectivity index (χ3v) is 4.53. The van der Waals surface area contributed by atoms with E-state index < -0.39 is 0 Å². The van der Waals surface area contributed by atoms with E-state index in [0.29, 0.717) is 6.04 Å². The average molecular weight is 245 g/mol. The van der Waals surface area contributed by atoms with Gasteiger partial charge in [0, 0.05) is 6.04 Å². The van der Waals surface area contributed by atoms with Gasteiger partial charge in [-0.05, 0) is 55.3 Å². The van der Waals surface area contributed by atoms with Crippen molar-refractivity contribution < 1.29 is 0 Å². The molecule has 0 aromatic heterocycles. The Morgan fingerprint density at radius 3 is 2.33 bits per heavy atom. The monoisotopic (exact) mass is 245 g/mol. The van der Waals surface area contributed by atoms with E-state index >= 15 is 0 Å². The Kier molecular flexibility index (Phi) is 4.82. The number of benzene rings is 1. The van der Waals surface area contributed by atoms with Crippen LogP contribution in [0.5, 0.6) is 0 Å². The van der Waals surface area contributed by atoms with Crippen LogP contribution in [0.25, 0.3) is 0 Å². The molecule has 100 valence electrons. The molecular formula is C17H27N. The summed E-state index contributed by atoms with van der Waals surface area (Å²) >= 11 is 0. The molecule has 2 rings (SSSR count). The summed E-state index contributed by atoms with van der Waals surface area (Å²) in [5.41, 5.74) is 4.55. The topological polar surface area (TPSA) is 12.0 Å². The zero-order valence-electron chi connectivity index (χ0n) is 12.1. The molecular weight excluding hydrogens is 218 g/mol.